The maximum absolute atomic E-state index is 6.62. The van der Waals surface area contributed by atoms with E-state index in [4.69, 9.17) is 4.74 Å². The fraction of sp³-hybridized carbons (Fsp3) is 0.579. The first kappa shape index (κ1) is 16.5. The van der Waals surface area contributed by atoms with E-state index in [-0.39, 0.29) is 5.22 Å². The summed E-state index contributed by atoms with van der Waals surface area (Å²) in [4.78, 5) is 0. The summed E-state index contributed by atoms with van der Waals surface area (Å²) in [5.74, 6) is 0. The predicted molar refractivity (Wildman–Crippen MR) is 95.0 cm³/mol. The molecule has 0 aromatic carbocycles. The number of rotatable bonds is 6. The van der Waals surface area contributed by atoms with E-state index in [1.54, 1.807) is 5.20 Å². The van der Waals surface area contributed by atoms with Crippen molar-refractivity contribution in [2.24, 2.45) is 0 Å². The molecule has 0 radical (unpaired) electrons. The quantitative estimate of drug-likeness (QED) is 0.464. The Morgan fingerprint density at radius 3 is 2.57 bits per heavy atom. The summed E-state index contributed by atoms with van der Waals surface area (Å²) < 4.78 is 6.62. The molecular formula is C19H30OSi. The van der Waals surface area contributed by atoms with E-state index in [2.05, 4.69) is 64.2 Å². The summed E-state index contributed by atoms with van der Waals surface area (Å²) >= 11 is 0. The monoisotopic (exact) mass is 302 g/mol. The predicted octanol–water partition coefficient (Wildman–Crippen LogP) is 5.51. The summed E-state index contributed by atoms with van der Waals surface area (Å²) in [7, 11) is -1.72. The first-order valence-corrected chi connectivity index (χ1v) is 11.3. The van der Waals surface area contributed by atoms with Gasteiger partial charge in [-0.2, -0.15) is 0 Å². The number of allylic oxidation sites excluding steroid dienone is 6. The molecule has 2 aliphatic carbocycles. The number of unbranched alkanes of at least 4 members (excludes halogenated alkanes) is 1. The average molecular weight is 303 g/mol. The lowest BCUT2D eigenvalue weighted by Gasteiger charge is -2.48. The van der Waals surface area contributed by atoms with E-state index in [1.165, 1.54) is 17.6 Å². The molecule has 0 saturated carbocycles. The molecule has 0 N–H and O–H groups in total. The number of hydrogen-bond acceptors (Lipinski definition) is 1. The molecule has 2 rings (SSSR count). The zero-order valence-electron chi connectivity index (χ0n) is 14.3. The van der Waals surface area contributed by atoms with E-state index >= 15 is 0 Å². The summed E-state index contributed by atoms with van der Waals surface area (Å²) in [6.07, 6.45) is 16.2. The maximum Gasteiger partial charge on any atom is 0.122 e. The van der Waals surface area contributed by atoms with Crippen LogP contribution in [0.25, 0.3) is 0 Å². The molecule has 0 amide bonds. The van der Waals surface area contributed by atoms with Gasteiger partial charge in [-0.15, -0.1) is 0 Å². The number of hydrogen-bond donors (Lipinski definition) is 0. The molecule has 0 aliphatic heterocycles. The Bertz CT molecular complexity index is 508. The molecule has 0 fully saturated rings. The van der Waals surface area contributed by atoms with Gasteiger partial charge in [0.05, 0.1) is 5.22 Å². The van der Waals surface area contributed by atoms with Crippen LogP contribution in [-0.4, -0.2) is 19.9 Å². The third-order valence-corrected chi connectivity index (χ3v) is 9.72. The molecule has 0 bridgehead atoms. The van der Waals surface area contributed by atoms with Crippen molar-refractivity contribution in [3.63, 3.8) is 0 Å². The van der Waals surface area contributed by atoms with E-state index in [0.29, 0.717) is 0 Å². The van der Waals surface area contributed by atoms with Gasteiger partial charge >= 0.3 is 0 Å². The zero-order valence-corrected chi connectivity index (χ0v) is 15.3. The lowest BCUT2D eigenvalue weighted by atomic mass is 9.97. The smallest absolute Gasteiger partial charge is 0.122 e. The SMILES string of the molecule is CCCCOC1([Si](C)(C)C2=CCC=C2)CC=C(C)C=C1C. The van der Waals surface area contributed by atoms with Crippen LogP contribution in [0.3, 0.4) is 0 Å². The Morgan fingerprint density at radius 2 is 2.00 bits per heavy atom. The van der Waals surface area contributed by atoms with Gasteiger partial charge in [0.15, 0.2) is 0 Å². The molecule has 0 saturated heterocycles. The third kappa shape index (κ3) is 3.02. The van der Waals surface area contributed by atoms with Crippen LogP contribution in [0, 0.1) is 0 Å². The molecule has 2 heteroatoms. The summed E-state index contributed by atoms with van der Waals surface area (Å²) in [5.41, 5.74) is 2.81. The van der Waals surface area contributed by atoms with E-state index in [9.17, 15) is 0 Å². The van der Waals surface area contributed by atoms with Crippen LogP contribution in [-0.2, 0) is 4.74 Å². The van der Waals surface area contributed by atoms with Crippen molar-refractivity contribution in [1.29, 1.82) is 0 Å². The minimum Gasteiger partial charge on any atom is -0.374 e. The Kier molecular flexibility index (Phi) is 5.10. The van der Waals surface area contributed by atoms with Crippen LogP contribution in [0.4, 0.5) is 0 Å². The maximum atomic E-state index is 6.62. The summed E-state index contributed by atoms with van der Waals surface area (Å²) in [6, 6.07) is 0. The number of ether oxygens (including phenoxy) is 1. The van der Waals surface area contributed by atoms with Gasteiger partial charge in [0, 0.05) is 6.61 Å². The van der Waals surface area contributed by atoms with Crippen molar-refractivity contribution in [3.8, 4) is 0 Å². The molecule has 1 atom stereocenters. The topological polar surface area (TPSA) is 9.23 Å². The third-order valence-electron chi connectivity index (χ3n) is 5.14. The largest absolute Gasteiger partial charge is 0.374 e. The average Bonchev–Trinajstić information content (AvgIpc) is 2.96. The van der Waals surface area contributed by atoms with Crippen LogP contribution in [0.15, 0.2) is 46.7 Å². The van der Waals surface area contributed by atoms with Crippen LogP contribution in [0.2, 0.25) is 13.1 Å². The van der Waals surface area contributed by atoms with E-state index in [0.717, 1.165) is 25.9 Å². The first-order chi connectivity index (χ1) is 9.94. The standard InChI is InChI=1S/C19H30OSi/c1-6-7-14-20-19(13-12-16(2)15-17(19)3)21(4,5)18-10-8-9-11-18/h8,10-12,15H,6-7,9,13-14H2,1-5H3. The second kappa shape index (κ2) is 6.49. The van der Waals surface area contributed by atoms with Crippen molar-refractivity contribution in [1.82, 2.24) is 0 Å². The molecule has 0 heterocycles. The molecule has 1 unspecified atom stereocenters. The van der Waals surface area contributed by atoms with Gasteiger partial charge in [0.25, 0.3) is 0 Å². The molecule has 2 aliphatic rings. The minimum atomic E-state index is -1.72. The summed E-state index contributed by atoms with van der Waals surface area (Å²) in [6.45, 7) is 12.5. The highest BCUT2D eigenvalue weighted by Gasteiger charge is 2.51. The molecule has 21 heavy (non-hydrogen) atoms. The first-order valence-electron chi connectivity index (χ1n) is 8.30. The van der Waals surface area contributed by atoms with Gasteiger partial charge in [0.2, 0.25) is 0 Å². The van der Waals surface area contributed by atoms with Gasteiger partial charge < -0.3 is 4.74 Å². The molecule has 0 aromatic heterocycles. The highest BCUT2D eigenvalue weighted by atomic mass is 28.3. The van der Waals surface area contributed by atoms with Crippen molar-refractivity contribution in [2.45, 2.75) is 64.8 Å². The van der Waals surface area contributed by atoms with Crippen molar-refractivity contribution in [2.75, 3.05) is 6.61 Å². The molecule has 0 spiro atoms. The van der Waals surface area contributed by atoms with Gasteiger partial charge in [-0.3, -0.25) is 0 Å². The fourth-order valence-corrected chi connectivity index (χ4v) is 7.39. The highest BCUT2D eigenvalue weighted by Crippen LogP contribution is 2.44. The molecular weight excluding hydrogens is 272 g/mol. The van der Waals surface area contributed by atoms with Crippen molar-refractivity contribution >= 4 is 8.07 Å². The molecule has 1 nitrogen and oxygen atoms in total. The van der Waals surface area contributed by atoms with Crippen LogP contribution in [0.1, 0.15) is 46.5 Å². The van der Waals surface area contributed by atoms with Crippen molar-refractivity contribution in [3.05, 3.63) is 46.7 Å². The minimum absolute atomic E-state index is 0.0673. The lowest BCUT2D eigenvalue weighted by Crippen LogP contribution is -2.58. The van der Waals surface area contributed by atoms with E-state index in [1.807, 2.05) is 0 Å². The zero-order chi connectivity index (χ0) is 15.5. The second-order valence-electron chi connectivity index (χ2n) is 6.93. The Labute approximate surface area is 131 Å². The second-order valence-corrected chi connectivity index (χ2v) is 11.6. The van der Waals surface area contributed by atoms with Gasteiger partial charge in [-0.1, -0.05) is 67.6 Å². The fourth-order valence-electron chi connectivity index (χ4n) is 3.63. The Morgan fingerprint density at radius 1 is 1.24 bits per heavy atom. The summed E-state index contributed by atoms with van der Waals surface area (Å²) in [5, 5.41) is 1.49. The van der Waals surface area contributed by atoms with Crippen LogP contribution in [0.5, 0.6) is 0 Å². The molecule has 116 valence electrons. The van der Waals surface area contributed by atoms with Gasteiger partial charge in [-0.25, -0.2) is 0 Å². The normalized spacial score (nSPS) is 25.7. The Hall–Kier alpha value is -0.863. The highest BCUT2D eigenvalue weighted by molar-refractivity contribution is 6.88. The van der Waals surface area contributed by atoms with E-state index < -0.39 is 8.07 Å². The molecule has 0 aromatic rings. The van der Waals surface area contributed by atoms with Crippen molar-refractivity contribution < 1.29 is 4.74 Å². The van der Waals surface area contributed by atoms with Crippen LogP contribution >= 0.6 is 0 Å². The Balaban J connectivity index is 2.37. The lowest BCUT2D eigenvalue weighted by molar-refractivity contribution is 0.0356. The van der Waals surface area contributed by atoms with Crippen LogP contribution < -0.4 is 0 Å². The van der Waals surface area contributed by atoms with Gasteiger partial charge in [-0.05, 0) is 38.7 Å². The van der Waals surface area contributed by atoms with Gasteiger partial charge in [0.1, 0.15) is 8.07 Å².